The van der Waals surface area contributed by atoms with Gasteiger partial charge in [-0.3, -0.25) is 9.59 Å². The molecule has 30 heavy (non-hydrogen) atoms. The Bertz CT molecular complexity index is 1030. The number of amides is 1. The predicted octanol–water partition coefficient (Wildman–Crippen LogP) is 4.50. The quantitative estimate of drug-likeness (QED) is 0.685. The predicted molar refractivity (Wildman–Crippen MR) is 115 cm³/mol. The summed E-state index contributed by atoms with van der Waals surface area (Å²) in [4.78, 5) is 37.5. The van der Waals surface area contributed by atoms with Crippen LogP contribution in [0.2, 0.25) is 0 Å². The molecule has 1 amide bonds. The number of rotatable bonds is 5. The lowest BCUT2D eigenvalue weighted by atomic mass is 9.78. The maximum Gasteiger partial charge on any atom is 0.341 e. The Hall–Kier alpha value is -2.67. The van der Waals surface area contributed by atoms with Gasteiger partial charge in [-0.25, -0.2) is 4.79 Å². The van der Waals surface area contributed by atoms with Crippen LogP contribution < -0.4 is 5.32 Å². The maximum atomic E-state index is 13.1. The lowest BCUT2D eigenvalue weighted by molar-refractivity contribution is -0.148. The van der Waals surface area contributed by atoms with Gasteiger partial charge in [0.25, 0.3) is 0 Å². The molecule has 0 spiro atoms. The number of thiophene rings is 1. The van der Waals surface area contributed by atoms with Gasteiger partial charge >= 0.3 is 11.9 Å². The molecule has 1 aromatic carbocycles. The van der Waals surface area contributed by atoms with Gasteiger partial charge in [0, 0.05) is 10.9 Å². The first-order valence-corrected chi connectivity index (χ1v) is 11.0. The number of carboxylic acid groups (broad SMARTS) is 1. The van der Waals surface area contributed by atoms with Crippen molar-refractivity contribution in [3.05, 3.63) is 40.3 Å². The highest BCUT2D eigenvalue weighted by Gasteiger charge is 2.54. The van der Waals surface area contributed by atoms with E-state index in [4.69, 9.17) is 4.74 Å². The molecule has 2 saturated carbocycles. The number of methoxy groups -OCH3 is 1. The summed E-state index contributed by atoms with van der Waals surface area (Å²) in [7, 11) is 1.31. The molecule has 0 saturated heterocycles. The highest BCUT2D eigenvalue weighted by molar-refractivity contribution is 7.15. The van der Waals surface area contributed by atoms with Crippen LogP contribution in [0.1, 0.15) is 40.7 Å². The zero-order valence-corrected chi connectivity index (χ0v) is 18.0. The Balaban J connectivity index is 1.67. The molecule has 1 heterocycles. The zero-order valence-electron chi connectivity index (χ0n) is 17.2. The number of hydrogen-bond acceptors (Lipinski definition) is 5. The van der Waals surface area contributed by atoms with Gasteiger partial charge in [0.2, 0.25) is 5.91 Å². The van der Waals surface area contributed by atoms with Crippen molar-refractivity contribution < 1.29 is 24.2 Å². The molecule has 0 radical (unpaired) electrons. The number of carboxylic acids is 1. The Morgan fingerprint density at radius 3 is 2.43 bits per heavy atom. The molecule has 158 valence electrons. The normalized spacial score (nSPS) is 24.6. The summed E-state index contributed by atoms with van der Waals surface area (Å²) >= 11 is 1.26. The fourth-order valence-corrected chi connectivity index (χ4v) is 6.06. The van der Waals surface area contributed by atoms with Gasteiger partial charge in [0.05, 0.1) is 18.9 Å². The third-order valence-electron chi connectivity index (χ3n) is 6.74. The van der Waals surface area contributed by atoms with E-state index in [1.807, 2.05) is 37.4 Å². The largest absolute Gasteiger partial charge is 0.481 e. The van der Waals surface area contributed by atoms with Crippen molar-refractivity contribution in [1.29, 1.82) is 0 Å². The number of hydrogen-bond donors (Lipinski definition) is 2. The molecule has 0 unspecified atom stereocenters. The minimum atomic E-state index is -0.905. The molecule has 2 bridgehead atoms. The molecule has 4 atom stereocenters. The van der Waals surface area contributed by atoms with Crippen LogP contribution in [0.25, 0.3) is 11.1 Å². The van der Waals surface area contributed by atoms with E-state index >= 15 is 0 Å². The number of fused-ring (bicyclic) bond motifs is 2. The molecule has 2 fully saturated rings. The fraction of sp³-hybridized carbons (Fsp3) is 0.435. The van der Waals surface area contributed by atoms with Crippen molar-refractivity contribution in [1.82, 2.24) is 0 Å². The van der Waals surface area contributed by atoms with E-state index in [2.05, 4.69) is 5.32 Å². The topological polar surface area (TPSA) is 92.7 Å². The Labute approximate surface area is 179 Å². The molecule has 2 aliphatic carbocycles. The third-order valence-corrected chi connectivity index (χ3v) is 7.63. The summed E-state index contributed by atoms with van der Waals surface area (Å²) in [6, 6.07) is 5.94. The van der Waals surface area contributed by atoms with Crippen LogP contribution in [0.3, 0.4) is 0 Å². The molecule has 2 aromatic rings. The minimum absolute atomic E-state index is 0.0674. The van der Waals surface area contributed by atoms with Gasteiger partial charge in [-0.2, -0.15) is 0 Å². The first-order valence-electron chi connectivity index (χ1n) is 10.1. The standard InChI is InChI=1S/C23H25NO5S/c1-11-4-5-13(8-12(11)2)16-10-30-21(19(16)23(28)29-3)24-20(25)17-14-6-7-15(9-14)18(17)22(26)27/h4-5,8,10,14-15,17-18H,6-7,9H2,1-3H3,(H,24,25)(H,26,27)/t14-,15-,17-,18+/m1/s1. The number of nitrogens with one attached hydrogen (secondary N) is 1. The van der Waals surface area contributed by atoms with E-state index in [0.29, 0.717) is 16.1 Å². The van der Waals surface area contributed by atoms with Crippen molar-refractivity contribution in [2.24, 2.45) is 23.7 Å². The van der Waals surface area contributed by atoms with E-state index < -0.39 is 23.8 Å². The van der Waals surface area contributed by atoms with Crippen molar-refractivity contribution in [2.45, 2.75) is 33.1 Å². The molecule has 2 N–H and O–H groups in total. The second-order valence-corrected chi connectivity index (χ2v) is 9.24. The Kier molecular flexibility index (Phi) is 5.40. The summed E-state index contributed by atoms with van der Waals surface area (Å²) in [5.41, 5.74) is 4.14. The Morgan fingerprint density at radius 2 is 1.80 bits per heavy atom. The monoisotopic (exact) mass is 427 g/mol. The van der Waals surface area contributed by atoms with Crippen LogP contribution in [0.15, 0.2) is 23.6 Å². The molecular weight excluding hydrogens is 402 g/mol. The minimum Gasteiger partial charge on any atom is -0.481 e. The van der Waals surface area contributed by atoms with E-state index in [0.717, 1.165) is 36.0 Å². The summed E-state index contributed by atoms with van der Waals surface area (Å²) in [6.07, 6.45) is 2.54. The number of anilines is 1. The Morgan fingerprint density at radius 1 is 1.10 bits per heavy atom. The van der Waals surface area contributed by atoms with Crippen LogP contribution in [0, 0.1) is 37.5 Å². The number of carbonyl (C=O) groups excluding carboxylic acids is 2. The zero-order chi connectivity index (χ0) is 21.6. The summed E-state index contributed by atoms with van der Waals surface area (Å²) in [5, 5.41) is 14.8. The van der Waals surface area contributed by atoms with Crippen LogP contribution in [0.5, 0.6) is 0 Å². The van der Waals surface area contributed by atoms with Gasteiger partial charge in [-0.05, 0) is 61.6 Å². The van der Waals surface area contributed by atoms with Crippen LogP contribution in [0.4, 0.5) is 5.00 Å². The lowest BCUT2D eigenvalue weighted by Crippen LogP contribution is -2.37. The summed E-state index contributed by atoms with van der Waals surface area (Å²) in [5.74, 6) is -2.79. The van der Waals surface area contributed by atoms with E-state index in [-0.39, 0.29) is 17.7 Å². The van der Waals surface area contributed by atoms with Gasteiger partial charge in [0.15, 0.2) is 0 Å². The number of carbonyl (C=O) groups is 3. The molecule has 1 aromatic heterocycles. The second-order valence-electron chi connectivity index (χ2n) is 8.36. The van der Waals surface area contributed by atoms with E-state index in [9.17, 15) is 19.5 Å². The number of esters is 1. The average molecular weight is 428 g/mol. The number of aryl methyl sites for hydroxylation is 2. The van der Waals surface area contributed by atoms with Gasteiger partial charge < -0.3 is 15.2 Å². The highest BCUT2D eigenvalue weighted by Crippen LogP contribution is 2.53. The van der Waals surface area contributed by atoms with Crippen LogP contribution in [-0.4, -0.2) is 30.1 Å². The number of benzene rings is 1. The highest BCUT2D eigenvalue weighted by atomic mass is 32.1. The molecular formula is C23H25NO5S. The molecule has 6 nitrogen and oxygen atoms in total. The first-order chi connectivity index (χ1) is 14.3. The summed E-state index contributed by atoms with van der Waals surface area (Å²) in [6.45, 7) is 4.03. The molecule has 2 aliphatic rings. The molecule has 7 heteroatoms. The van der Waals surface area contributed by atoms with Crippen LogP contribution in [-0.2, 0) is 14.3 Å². The fourth-order valence-electron chi connectivity index (χ4n) is 5.10. The average Bonchev–Trinajstić information content (AvgIpc) is 3.43. The second kappa shape index (κ2) is 7.87. The van der Waals surface area contributed by atoms with Gasteiger partial charge in [0.1, 0.15) is 10.6 Å². The van der Waals surface area contributed by atoms with Crippen molar-refractivity contribution in [3.63, 3.8) is 0 Å². The smallest absolute Gasteiger partial charge is 0.341 e. The van der Waals surface area contributed by atoms with Crippen molar-refractivity contribution in [3.8, 4) is 11.1 Å². The number of aliphatic carboxylic acids is 1. The first kappa shape index (κ1) is 20.6. The van der Waals surface area contributed by atoms with Gasteiger partial charge in [-0.1, -0.05) is 18.2 Å². The van der Waals surface area contributed by atoms with Crippen molar-refractivity contribution >= 4 is 34.2 Å². The molecule has 4 rings (SSSR count). The lowest BCUT2D eigenvalue weighted by Gasteiger charge is -2.26. The third kappa shape index (κ3) is 3.41. The summed E-state index contributed by atoms with van der Waals surface area (Å²) < 4.78 is 4.99. The maximum absolute atomic E-state index is 13.1. The van der Waals surface area contributed by atoms with E-state index in [1.165, 1.54) is 18.4 Å². The van der Waals surface area contributed by atoms with Crippen LogP contribution >= 0.6 is 11.3 Å². The van der Waals surface area contributed by atoms with Crippen molar-refractivity contribution in [2.75, 3.05) is 12.4 Å². The number of ether oxygens (including phenoxy) is 1. The molecule has 0 aliphatic heterocycles. The van der Waals surface area contributed by atoms with E-state index in [1.54, 1.807) is 0 Å². The van der Waals surface area contributed by atoms with Gasteiger partial charge in [-0.15, -0.1) is 11.3 Å². The SMILES string of the molecule is COC(=O)c1c(-c2ccc(C)c(C)c2)csc1NC(=O)[C@@H]1[C@@H]2CC[C@H](C2)[C@@H]1C(=O)O.